The lowest BCUT2D eigenvalue weighted by atomic mass is 10.3. The Balaban J connectivity index is 1.92. The van der Waals surface area contributed by atoms with Gasteiger partial charge >= 0.3 is 5.76 Å². The number of hydrogen-bond acceptors (Lipinski definition) is 4. The van der Waals surface area contributed by atoms with Crippen molar-refractivity contribution in [3.63, 3.8) is 0 Å². The summed E-state index contributed by atoms with van der Waals surface area (Å²) in [5.74, 6) is -0.313. The zero-order valence-electron chi connectivity index (χ0n) is 10.6. The minimum absolute atomic E-state index is 0.205. The molecule has 0 N–H and O–H groups in total. The Labute approximate surface area is 118 Å². The third kappa shape index (κ3) is 2.61. The van der Waals surface area contributed by atoms with E-state index in [4.69, 9.17) is 9.15 Å². The molecule has 1 aromatic carbocycles. The van der Waals surface area contributed by atoms with Crippen LogP contribution in [-0.4, -0.2) is 35.3 Å². The van der Waals surface area contributed by atoms with Crippen LogP contribution in [0.2, 0.25) is 0 Å². The van der Waals surface area contributed by atoms with Crippen LogP contribution in [-0.2, 0) is 11.4 Å². The third-order valence-corrected chi connectivity index (χ3v) is 3.79. The molecular weight excluding hydrogens is 312 g/mol. The van der Waals surface area contributed by atoms with Gasteiger partial charge in [0.2, 0.25) is 0 Å². The minimum Gasteiger partial charge on any atom is -0.408 e. The van der Waals surface area contributed by atoms with E-state index in [0.29, 0.717) is 18.9 Å². The molecule has 0 saturated carbocycles. The van der Waals surface area contributed by atoms with Gasteiger partial charge in [-0.05, 0) is 25.1 Å². The number of hydrogen-bond donors (Lipinski definition) is 0. The second-order valence-electron chi connectivity index (χ2n) is 4.81. The van der Waals surface area contributed by atoms with Gasteiger partial charge in [0.15, 0.2) is 5.58 Å². The molecule has 102 valence electrons. The van der Waals surface area contributed by atoms with Gasteiger partial charge in [0.1, 0.15) is 0 Å². The van der Waals surface area contributed by atoms with E-state index in [1.54, 1.807) is 4.57 Å². The quantitative estimate of drug-likeness (QED) is 0.847. The molecule has 2 heterocycles. The number of ether oxygens (including phenoxy) is 1. The zero-order chi connectivity index (χ0) is 13.4. The van der Waals surface area contributed by atoms with E-state index >= 15 is 0 Å². The highest BCUT2D eigenvalue weighted by atomic mass is 79.9. The molecule has 0 bridgehead atoms. The monoisotopic (exact) mass is 326 g/mol. The van der Waals surface area contributed by atoms with Gasteiger partial charge in [0, 0.05) is 17.6 Å². The highest BCUT2D eigenvalue weighted by Gasteiger charge is 2.19. The molecule has 1 aliphatic rings. The van der Waals surface area contributed by atoms with Crippen LogP contribution in [0.5, 0.6) is 0 Å². The summed E-state index contributed by atoms with van der Waals surface area (Å²) in [5.41, 5.74) is 1.44. The van der Waals surface area contributed by atoms with Crippen LogP contribution in [0.4, 0.5) is 0 Å². The number of rotatable bonds is 2. The second-order valence-corrected chi connectivity index (χ2v) is 5.72. The first-order valence-electron chi connectivity index (χ1n) is 6.26. The molecule has 0 radical (unpaired) electrons. The van der Waals surface area contributed by atoms with Gasteiger partial charge in [-0.25, -0.2) is 4.79 Å². The molecule has 0 amide bonds. The molecule has 5 nitrogen and oxygen atoms in total. The first kappa shape index (κ1) is 12.9. The lowest BCUT2D eigenvalue weighted by molar-refractivity contribution is -0.0292. The summed E-state index contributed by atoms with van der Waals surface area (Å²) in [7, 11) is 0. The summed E-state index contributed by atoms with van der Waals surface area (Å²) in [6.45, 7) is 4.95. The second kappa shape index (κ2) is 5.11. The fourth-order valence-corrected chi connectivity index (χ4v) is 2.73. The molecule has 6 heteroatoms. The topological polar surface area (TPSA) is 47.6 Å². The van der Waals surface area contributed by atoms with E-state index in [1.807, 2.05) is 25.1 Å². The van der Waals surface area contributed by atoms with Crippen LogP contribution in [0.3, 0.4) is 0 Å². The third-order valence-electron chi connectivity index (χ3n) is 3.30. The Bertz CT molecular complexity index is 649. The van der Waals surface area contributed by atoms with Crippen molar-refractivity contribution in [2.24, 2.45) is 0 Å². The molecule has 0 aliphatic carbocycles. The Morgan fingerprint density at radius 3 is 3.11 bits per heavy atom. The SMILES string of the molecule is C[C@@H]1CN(Cn2c(=O)oc3cc(Br)ccc32)CCO1. The summed E-state index contributed by atoms with van der Waals surface area (Å²) in [4.78, 5) is 14.1. The van der Waals surface area contributed by atoms with Crippen LogP contribution < -0.4 is 5.76 Å². The highest BCUT2D eigenvalue weighted by Crippen LogP contribution is 2.19. The molecule has 1 aromatic heterocycles. The van der Waals surface area contributed by atoms with Gasteiger partial charge < -0.3 is 9.15 Å². The fraction of sp³-hybridized carbons (Fsp3) is 0.462. The Hall–Kier alpha value is -1.11. The molecule has 2 aromatic rings. The maximum Gasteiger partial charge on any atom is 0.421 e. The Kier molecular flexibility index (Phi) is 3.47. The van der Waals surface area contributed by atoms with Crippen LogP contribution in [0.1, 0.15) is 6.92 Å². The van der Waals surface area contributed by atoms with Crippen molar-refractivity contribution in [3.05, 3.63) is 33.2 Å². The molecule has 1 fully saturated rings. The summed E-state index contributed by atoms with van der Waals surface area (Å²) in [6, 6.07) is 5.62. The van der Waals surface area contributed by atoms with Crippen molar-refractivity contribution in [1.82, 2.24) is 9.47 Å². The van der Waals surface area contributed by atoms with Crippen molar-refractivity contribution in [2.45, 2.75) is 19.7 Å². The molecular formula is C13H15BrN2O3. The lowest BCUT2D eigenvalue weighted by Crippen LogP contribution is -2.43. The van der Waals surface area contributed by atoms with Crippen LogP contribution in [0.25, 0.3) is 11.1 Å². The Morgan fingerprint density at radius 1 is 1.47 bits per heavy atom. The van der Waals surface area contributed by atoms with E-state index in [1.165, 1.54) is 0 Å². The van der Waals surface area contributed by atoms with Crippen LogP contribution in [0.15, 0.2) is 31.9 Å². The van der Waals surface area contributed by atoms with Crippen LogP contribution in [0, 0.1) is 0 Å². The van der Waals surface area contributed by atoms with Crippen LogP contribution >= 0.6 is 15.9 Å². The molecule has 0 unspecified atom stereocenters. The average molecular weight is 327 g/mol. The number of morpholine rings is 1. The molecule has 1 aliphatic heterocycles. The van der Waals surface area contributed by atoms with Gasteiger partial charge in [-0.2, -0.15) is 0 Å². The number of fused-ring (bicyclic) bond motifs is 1. The predicted molar refractivity (Wildman–Crippen MR) is 75.2 cm³/mol. The van der Waals surface area contributed by atoms with E-state index in [-0.39, 0.29) is 11.9 Å². The normalized spacial score (nSPS) is 21.1. The maximum absolute atomic E-state index is 11.9. The summed E-state index contributed by atoms with van der Waals surface area (Å²) in [6.07, 6.45) is 0.205. The highest BCUT2D eigenvalue weighted by molar-refractivity contribution is 9.10. The standard InChI is InChI=1S/C13H15BrN2O3/c1-9-7-15(4-5-18-9)8-16-11-3-2-10(14)6-12(11)19-13(16)17/h2-3,6,9H,4-5,7-8H2,1H3/t9-/m1/s1. The molecule has 1 atom stereocenters. The van der Waals surface area contributed by atoms with Gasteiger partial charge in [-0.15, -0.1) is 0 Å². The van der Waals surface area contributed by atoms with Crippen molar-refractivity contribution in [1.29, 1.82) is 0 Å². The summed E-state index contributed by atoms with van der Waals surface area (Å²) in [5, 5.41) is 0. The van der Waals surface area contributed by atoms with Crippen molar-refractivity contribution in [2.75, 3.05) is 19.7 Å². The smallest absolute Gasteiger partial charge is 0.408 e. The Morgan fingerprint density at radius 2 is 2.32 bits per heavy atom. The summed E-state index contributed by atoms with van der Waals surface area (Å²) >= 11 is 3.37. The van der Waals surface area contributed by atoms with Gasteiger partial charge in [-0.1, -0.05) is 15.9 Å². The minimum atomic E-state index is -0.313. The molecule has 0 spiro atoms. The first-order valence-corrected chi connectivity index (χ1v) is 7.05. The van der Waals surface area contributed by atoms with E-state index in [0.717, 1.165) is 23.1 Å². The molecule has 1 saturated heterocycles. The predicted octanol–water partition coefficient (Wildman–Crippen LogP) is 2.04. The zero-order valence-corrected chi connectivity index (χ0v) is 12.2. The summed E-state index contributed by atoms with van der Waals surface area (Å²) < 4.78 is 13.3. The van der Waals surface area contributed by atoms with E-state index in [2.05, 4.69) is 20.8 Å². The number of benzene rings is 1. The van der Waals surface area contributed by atoms with Gasteiger partial charge in [0.05, 0.1) is 24.9 Å². The number of nitrogens with zero attached hydrogens (tertiary/aromatic N) is 2. The largest absolute Gasteiger partial charge is 0.421 e. The number of aromatic nitrogens is 1. The molecule has 19 heavy (non-hydrogen) atoms. The number of halogens is 1. The van der Waals surface area contributed by atoms with Crippen molar-refractivity contribution in [3.8, 4) is 0 Å². The van der Waals surface area contributed by atoms with Crippen molar-refractivity contribution >= 4 is 27.0 Å². The van der Waals surface area contributed by atoms with E-state index < -0.39 is 0 Å². The fourth-order valence-electron chi connectivity index (χ4n) is 2.39. The van der Waals surface area contributed by atoms with E-state index in [9.17, 15) is 4.79 Å². The lowest BCUT2D eigenvalue weighted by Gasteiger charge is -2.30. The molecule has 3 rings (SSSR count). The number of oxazole rings is 1. The van der Waals surface area contributed by atoms with Crippen molar-refractivity contribution < 1.29 is 9.15 Å². The maximum atomic E-state index is 11.9. The first-order chi connectivity index (χ1) is 9.13. The average Bonchev–Trinajstić information content (AvgIpc) is 2.65. The van der Waals surface area contributed by atoms with Gasteiger partial charge in [-0.3, -0.25) is 9.47 Å². The van der Waals surface area contributed by atoms with Gasteiger partial charge in [0.25, 0.3) is 0 Å².